The normalized spacial score (nSPS) is 11.5. The van der Waals surface area contributed by atoms with Crippen LogP contribution in [0.3, 0.4) is 0 Å². The first-order valence-electron chi connectivity index (χ1n) is 9.46. The van der Waals surface area contributed by atoms with Gasteiger partial charge < -0.3 is 9.47 Å². The van der Waals surface area contributed by atoms with E-state index >= 15 is 0 Å². The van der Waals surface area contributed by atoms with Gasteiger partial charge in [-0.1, -0.05) is 45.0 Å². The molecule has 0 saturated carbocycles. The molecule has 0 fully saturated rings. The molecule has 1 unspecified atom stereocenters. The maximum Gasteiger partial charge on any atom is 0.186 e. The Hall–Kier alpha value is -1.10. The molecule has 3 nitrogen and oxygen atoms in total. The molecule has 2 rings (SSSR count). The molecule has 28 heavy (non-hydrogen) atoms. The molecule has 0 bridgehead atoms. The summed E-state index contributed by atoms with van der Waals surface area (Å²) in [5.74, 6) is 0.803. The number of hydrogen-bond acceptors (Lipinski definition) is 3. The molecule has 0 aliphatic carbocycles. The quantitative estimate of drug-likeness (QED) is 0.368. The fraction of sp³-hybridized carbons (Fsp3) is 0.435. The van der Waals surface area contributed by atoms with E-state index in [4.69, 9.17) is 9.47 Å². The molecule has 147 valence electrons. The standard InChI is InChI=1S/C23H31O3P.Li/c1-7-25-12-13-26-19-8-10-20(11-9-19)27-22(24)21-16(2)14-18(15-17(21)3)23(4,5)6;/h8-11,14-15,27H,7,12-13H2,1-6H3;. The van der Waals surface area contributed by atoms with Gasteiger partial charge in [-0.3, -0.25) is 4.79 Å². The Kier molecular flexibility index (Phi) is 9.95. The summed E-state index contributed by atoms with van der Waals surface area (Å²) < 4.78 is 10.9. The summed E-state index contributed by atoms with van der Waals surface area (Å²) in [7, 11) is 0.111. The number of ether oxygens (including phenoxy) is 2. The van der Waals surface area contributed by atoms with Gasteiger partial charge in [-0.2, -0.15) is 0 Å². The van der Waals surface area contributed by atoms with E-state index in [2.05, 4.69) is 32.9 Å². The van der Waals surface area contributed by atoms with E-state index in [1.165, 1.54) is 5.56 Å². The zero-order chi connectivity index (χ0) is 20.0. The Labute approximate surface area is 183 Å². The summed E-state index contributed by atoms with van der Waals surface area (Å²) in [4.78, 5) is 12.9. The molecule has 0 saturated heterocycles. The summed E-state index contributed by atoms with van der Waals surface area (Å²) in [5, 5.41) is 1.02. The predicted octanol–water partition coefficient (Wildman–Crippen LogP) is 4.78. The van der Waals surface area contributed by atoms with Gasteiger partial charge in [0.15, 0.2) is 5.52 Å². The van der Waals surface area contributed by atoms with Gasteiger partial charge in [0.2, 0.25) is 0 Å². The van der Waals surface area contributed by atoms with Crippen molar-refractivity contribution in [3.8, 4) is 5.75 Å². The van der Waals surface area contributed by atoms with Crippen molar-refractivity contribution in [2.24, 2.45) is 0 Å². The third-order valence-corrected chi connectivity index (χ3v) is 5.54. The zero-order valence-corrected chi connectivity index (χ0v) is 19.3. The molecule has 1 atom stereocenters. The van der Waals surface area contributed by atoms with Crippen LogP contribution in [0.25, 0.3) is 0 Å². The average Bonchev–Trinajstić information content (AvgIpc) is 2.58. The second kappa shape index (κ2) is 11.2. The van der Waals surface area contributed by atoms with Crippen molar-refractivity contribution in [2.45, 2.75) is 47.0 Å². The van der Waals surface area contributed by atoms with Crippen molar-refractivity contribution >= 4 is 38.3 Å². The third-order valence-electron chi connectivity index (χ3n) is 4.44. The van der Waals surface area contributed by atoms with Crippen LogP contribution in [0.1, 0.15) is 54.7 Å². The fourth-order valence-electron chi connectivity index (χ4n) is 2.95. The maximum atomic E-state index is 12.9. The number of carbonyl (C=O) groups is 1. The van der Waals surface area contributed by atoms with E-state index in [-0.39, 0.29) is 38.4 Å². The van der Waals surface area contributed by atoms with E-state index in [1.54, 1.807) is 0 Å². The smallest absolute Gasteiger partial charge is 0.186 e. The Bertz CT molecular complexity index is 756. The number of rotatable bonds is 8. The van der Waals surface area contributed by atoms with Gasteiger partial charge in [0, 0.05) is 31.0 Å². The first kappa shape index (κ1) is 24.9. The molecule has 0 heterocycles. The van der Waals surface area contributed by atoms with Gasteiger partial charge in [-0.25, -0.2) is 0 Å². The van der Waals surface area contributed by atoms with Crippen LogP contribution in [0.5, 0.6) is 5.75 Å². The summed E-state index contributed by atoms with van der Waals surface area (Å²) in [6.07, 6.45) is 0. The first-order valence-corrected chi connectivity index (χ1v) is 10.5. The molecule has 0 aromatic heterocycles. The van der Waals surface area contributed by atoms with E-state index < -0.39 is 0 Å². The molecular formula is C23H31LiO3P. The Morgan fingerprint density at radius 1 is 1.00 bits per heavy atom. The molecule has 0 N–H and O–H groups in total. The van der Waals surface area contributed by atoms with Gasteiger partial charge in [0.25, 0.3) is 0 Å². The summed E-state index contributed by atoms with van der Waals surface area (Å²) in [6.45, 7) is 14.4. The van der Waals surface area contributed by atoms with Crippen molar-refractivity contribution in [1.82, 2.24) is 0 Å². The molecule has 1 radical (unpaired) electrons. The second-order valence-corrected chi connectivity index (χ2v) is 9.04. The van der Waals surface area contributed by atoms with Gasteiger partial charge >= 0.3 is 0 Å². The van der Waals surface area contributed by atoms with Gasteiger partial charge in [-0.15, -0.1) is 0 Å². The first-order chi connectivity index (χ1) is 12.7. The Balaban J connectivity index is 0.00000392. The molecule has 0 aliphatic rings. The fourth-order valence-corrected chi connectivity index (χ4v) is 4.06. The predicted molar refractivity (Wildman–Crippen MR) is 121 cm³/mol. The number of aryl methyl sites for hydroxylation is 2. The summed E-state index contributed by atoms with van der Waals surface area (Å²) in [5.41, 5.74) is 4.53. The molecular weight excluding hydrogens is 362 g/mol. The van der Waals surface area contributed by atoms with E-state index in [0.29, 0.717) is 19.8 Å². The van der Waals surface area contributed by atoms with E-state index in [0.717, 1.165) is 27.7 Å². The van der Waals surface area contributed by atoms with Crippen molar-refractivity contribution in [3.63, 3.8) is 0 Å². The molecule has 2 aromatic rings. The van der Waals surface area contributed by atoms with Gasteiger partial charge in [-0.05, 0) is 68.9 Å². The monoisotopic (exact) mass is 393 g/mol. The molecule has 0 spiro atoms. The Morgan fingerprint density at radius 3 is 2.07 bits per heavy atom. The topological polar surface area (TPSA) is 35.5 Å². The van der Waals surface area contributed by atoms with Crippen LogP contribution in [0.4, 0.5) is 0 Å². The van der Waals surface area contributed by atoms with Crippen LogP contribution < -0.4 is 10.0 Å². The van der Waals surface area contributed by atoms with Crippen molar-refractivity contribution in [1.29, 1.82) is 0 Å². The van der Waals surface area contributed by atoms with E-state index in [9.17, 15) is 4.79 Å². The molecule has 5 heteroatoms. The van der Waals surface area contributed by atoms with Crippen LogP contribution in [0, 0.1) is 13.8 Å². The minimum absolute atomic E-state index is 0. The van der Waals surface area contributed by atoms with E-state index in [1.807, 2.05) is 45.0 Å². The van der Waals surface area contributed by atoms with Crippen LogP contribution in [-0.2, 0) is 10.2 Å². The molecule has 2 aromatic carbocycles. The van der Waals surface area contributed by atoms with Crippen molar-refractivity contribution in [3.05, 3.63) is 58.7 Å². The van der Waals surface area contributed by atoms with Crippen LogP contribution in [-0.4, -0.2) is 44.2 Å². The number of hydrogen-bond donors (Lipinski definition) is 0. The summed E-state index contributed by atoms with van der Waals surface area (Å²) in [6, 6.07) is 12.1. The largest absolute Gasteiger partial charge is 0.491 e. The minimum Gasteiger partial charge on any atom is -0.491 e. The van der Waals surface area contributed by atoms with Crippen LogP contribution in [0.15, 0.2) is 36.4 Å². The minimum atomic E-state index is 0. The Morgan fingerprint density at radius 2 is 1.57 bits per heavy atom. The molecule has 0 amide bonds. The second-order valence-electron chi connectivity index (χ2n) is 7.76. The van der Waals surface area contributed by atoms with Crippen molar-refractivity contribution in [2.75, 3.05) is 19.8 Å². The van der Waals surface area contributed by atoms with Gasteiger partial charge in [0.1, 0.15) is 12.4 Å². The number of carbonyl (C=O) groups excluding carboxylic acids is 1. The maximum absolute atomic E-state index is 12.9. The zero-order valence-electron chi connectivity index (χ0n) is 18.3. The van der Waals surface area contributed by atoms with Crippen LogP contribution >= 0.6 is 8.58 Å². The summed E-state index contributed by atoms with van der Waals surface area (Å²) >= 11 is 0. The van der Waals surface area contributed by atoms with Crippen LogP contribution in [0.2, 0.25) is 0 Å². The van der Waals surface area contributed by atoms with Crippen molar-refractivity contribution < 1.29 is 14.3 Å². The van der Waals surface area contributed by atoms with Gasteiger partial charge in [0.05, 0.1) is 6.61 Å². The number of benzene rings is 2. The average molecular weight is 393 g/mol. The SMILES string of the molecule is CCOCCOc1ccc(PC(=O)c2c(C)cc(C(C)(C)C)cc2C)cc1.[Li]. The third kappa shape index (κ3) is 7.05. The molecule has 0 aliphatic heterocycles.